The van der Waals surface area contributed by atoms with E-state index in [4.69, 9.17) is 4.52 Å². The second kappa shape index (κ2) is 7.59. The Hall–Kier alpha value is -2.19. The molecule has 1 aromatic heterocycles. The van der Waals surface area contributed by atoms with Gasteiger partial charge in [-0.2, -0.15) is 4.31 Å². The summed E-state index contributed by atoms with van der Waals surface area (Å²) in [7, 11) is -3.47. The Morgan fingerprint density at radius 2 is 1.88 bits per heavy atom. The van der Waals surface area contributed by atoms with E-state index in [1.165, 1.54) is 4.31 Å². The maximum atomic E-state index is 12.5. The molecule has 0 radical (unpaired) electrons. The van der Waals surface area contributed by atoms with Gasteiger partial charge in [0.05, 0.1) is 4.90 Å². The maximum Gasteiger partial charge on any atom is 0.273 e. The third kappa shape index (κ3) is 3.96. The Bertz CT molecular complexity index is 866. The number of benzene rings is 1. The summed E-state index contributed by atoms with van der Waals surface area (Å²) in [5.41, 5.74) is 1.08. The quantitative estimate of drug-likeness (QED) is 0.763. The summed E-state index contributed by atoms with van der Waals surface area (Å²) in [4.78, 5) is 12.4. The first-order valence-corrected chi connectivity index (χ1v) is 10.2. The van der Waals surface area contributed by atoms with Gasteiger partial charge in [0.2, 0.25) is 10.0 Å². The second-order valence-electron chi connectivity index (χ2n) is 6.30. The number of carbonyl (C=O) groups excluding carboxylic acids is 1. The molecule has 1 N–H and O–H groups in total. The molecule has 0 spiro atoms. The predicted molar refractivity (Wildman–Crippen MR) is 96.2 cm³/mol. The van der Waals surface area contributed by atoms with Crippen LogP contribution in [0.1, 0.15) is 54.4 Å². The van der Waals surface area contributed by atoms with Gasteiger partial charge in [-0.25, -0.2) is 8.42 Å². The summed E-state index contributed by atoms with van der Waals surface area (Å²) >= 11 is 0. The molecule has 0 unspecified atom stereocenters. The van der Waals surface area contributed by atoms with Gasteiger partial charge in [0.25, 0.3) is 5.91 Å². The van der Waals surface area contributed by atoms with E-state index in [1.54, 1.807) is 30.3 Å². The van der Waals surface area contributed by atoms with Gasteiger partial charge < -0.3 is 9.84 Å². The molecule has 8 heteroatoms. The molecule has 7 nitrogen and oxygen atoms in total. The van der Waals surface area contributed by atoms with Gasteiger partial charge >= 0.3 is 0 Å². The van der Waals surface area contributed by atoms with Crippen LogP contribution in [0.4, 0.5) is 0 Å². The Balaban J connectivity index is 1.61. The van der Waals surface area contributed by atoms with Crippen molar-refractivity contribution in [3.05, 3.63) is 47.3 Å². The lowest BCUT2D eigenvalue weighted by Crippen LogP contribution is -2.30. The molecule has 1 aliphatic carbocycles. The van der Waals surface area contributed by atoms with E-state index in [9.17, 15) is 13.2 Å². The Labute approximate surface area is 153 Å². The first-order valence-electron chi connectivity index (χ1n) is 8.79. The molecule has 140 valence electrons. The van der Waals surface area contributed by atoms with Gasteiger partial charge in [0.1, 0.15) is 5.76 Å². The van der Waals surface area contributed by atoms with Crippen LogP contribution in [0.25, 0.3) is 0 Å². The Morgan fingerprint density at radius 3 is 2.46 bits per heavy atom. The van der Waals surface area contributed by atoms with Gasteiger partial charge in [-0.3, -0.25) is 4.79 Å². The SMILES string of the molecule is CCN(CC)S(=O)(=O)c1ccc(CNC(=O)c2cc(C3CC3)on2)cc1. The standard InChI is InChI=1S/C18H23N3O4S/c1-3-21(4-2)26(23,24)15-9-5-13(6-10-15)12-19-18(22)16-11-17(25-20-16)14-7-8-14/h5-6,9-11,14H,3-4,7-8,12H2,1-2H3,(H,19,22). The first kappa shape index (κ1) is 18.6. The van der Waals surface area contributed by atoms with Crippen LogP contribution in [-0.4, -0.2) is 36.9 Å². The molecule has 0 aliphatic heterocycles. The summed E-state index contributed by atoms with van der Waals surface area (Å²) < 4.78 is 31.5. The topological polar surface area (TPSA) is 92.5 Å². The lowest BCUT2D eigenvalue weighted by molar-refractivity contribution is 0.0941. The van der Waals surface area contributed by atoms with Gasteiger partial charge in [0, 0.05) is 31.6 Å². The van der Waals surface area contributed by atoms with Crippen molar-refractivity contribution in [2.24, 2.45) is 0 Å². The van der Waals surface area contributed by atoms with Gasteiger partial charge in [-0.15, -0.1) is 0 Å². The van der Waals surface area contributed by atoms with Crippen LogP contribution in [0.15, 0.2) is 39.8 Å². The molecule has 1 fully saturated rings. The first-order chi connectivity index (χ1) is 12.5. The fourth-order valence-corrected chi connectivity index (χ4v) is 4.18. The van der Waals surface area contributed by atoms with E-state index in [-0.39, 0.29) is 23.0 Å². The number of amides is 1. The van der Waals surface area contributed by atoms with E-state index in [0.29, 0.717) is 19.0 Å². The van der Waals surface area contributed by atoms with E-state index >= 15 is 0 Å². The van der Waals surface area contributed by atoms with E-state index < -0.39 is 10.0 Å². The van der Waals surface area contributed by atoms with E-state index in [2.05, 4.69) is 10.5 Å². The minimum absolute atomic E-state index is 0.252. The van der Waals surface area contributed by atoms with Crippen LogP contribution in [0, 0.1) is 0 Å². The van der Waals surface area contributed by atoms with Crippen molar-refractivity contribution in [2.75, 3.05) is 13.1 Å². The number of rotatable bonds is 8. The van der Waals surface area contributed by atoms with Crippen molar-refractivity contribution in [3.63, 3.8) is 0 Å². The third-order valence-corrected chi connectivity index (χ3v) is 6.52. The van der Waals surface area contributed by atoms with Crippen LogP contribution >= 0.6 is 0 Å². The van der Waals surface area contributed by atoms with E-state index in [0.717, 1.165) is 24.2 Å². The molecule has 26 heavy (non-hydrogen) atoms. The molecule has 1 saturated carbocycles. The molecule has 1 aliphatic rings. The molecular formula is C18H23N3O4S. The van der Waals surface area contributed by atoms with Crippen LogP contribution in [0.5, 0.6) is 0 Å². The Kier molecular flexibility index (Phi) is 5.43. The molecule has 0 saturated heterocycles. The highest BCUT2D eigenvalue weighted by Crippen LogP contribution is 2.40. The van der Waals surface area contributed by atoms with Gasteiger partial charge in [-0.1, -0.05) is 31.1 Å². The van der Waals surface area contributed by atoms with Crippen molar-refractivity contribution in [2.45, 2.75) is 44.0 Å². The average molecular weight is 377 g/mol. The van der Waals surface area contributed by atoms with Crippen molar-refractivity contribution in [1.29, 1.82) is 0 Å². The zero-order chi connectivity index (χ0) is 18.7. The van der Waals surface area contributed by atoms with Crippen molar-refractivity contribution in [3.8, 4) is 0 Å². The molecule has 1 amide bonds. The molecule has 1 aromatic carbocycles. The normalized spacial score (nSPS) is 14.6. The summed E-state index contributed by atoms with van der Waals surface area (Å²) in [6.07, 6.45) is 2.16. The molecule has 0 atom stereocenters. The number of sulfonamides is 1. The number of hydrogen-bond donors (Lipinski definition) is 1. The van der Waals surface area contributed by atoms with Gasteiger partial charge in [0.15, 0.2) is 5.69 Å². The minimum atomic E-state index is -3.47. The number of aromatic nitrogens is 1. The zero-order valence-electron chi connectivity index (χ0n) is 14.9. The van der Waals surface area contributed by atoms with Crippen LogP contribution < -0.4 is 5.32 Å². The number of nitrogens with one attached hydrogen (secondary N) is 1. The fraction of sp³-hybridized carbons (Fsp3) is 0.444. The highest BCUT2D eigenvalue weighted by molar-refractivity contribution is 7.89. The summed E-state index contributed by atoms with van der Waals surface area (Å²) in [5, 5.41) is 6.57. The smallest absolute Gasteiger partial charge is 0.273 e. The monoisotopic (exact) mass is 377 g/mol. The van der Waals surface area contributed by atoms with Crippen molar-refractivity contribution in [1.82, 2.24) is 14.8 Å². The van der Waals surface area contributed by atoms with Crippen molar-refractivity contribution < 1.29 is 17.7 Å². The molecular weight excluding hydrogens is 354 g/mol. The highest BCUT2D eigenvalue weighted by Gasteiger charge is 2.28. The zero-order valence-corrected chi connectivity index (χ0v) is 15.8. The summed E-state index contributed by atoms with van der Waals surface area (Å²) in [6, 6.07) is 8.23. The predicted octanol–water partition coefficient (Wildman–Crippen LogP) is 2.51. The van der Waals surface area contributed by atoms with Crippen LogP contribution in [0.3, 0.4) is 0 Å². The lowest BCUT2D eigenvalue weighted by Gasteiger charge is -2.18. The van der Waals surface area contributed by atoms with Crippen molar-refractivity contribution >= 4 is 15.9 Å². The maximum absolute atomic E-state index is 12.5. The highest BCUT2D eigenvalue weighted by atomic mass is 32.2. The minimum Gasteiger partial charge on any atom is -0.360 e. The van der Waals surface area contributed by atoms with Crippen LogP contribution in [0.2, 0.25) is 0 Å². The molecule has 0 bridgehead atoms. The fourth-order valence-electron chi connectivity index (χ4n) is 2.72. The van der Waals surface area contributed by atoms with Gasteiger partial charge in [-0.05, 0) is 30.5 Å². The number of nitrogens with zero attached hydrogens (tertiary/aromatic N) is 2. The van der Waals surface area contributed by atoms with E-state index in [1.807, 2.05) is 13.8 Å². The number of hydrogen-bond acceptors (Lipinski definition) is 5. The largest absolute Gasteiger partial charge is 0.360 e. The number of carbonyl (C=O) groups is 1. The molecule has 1 heterocycles. The molecule has 2 aromatic rings. The Morgan fingerprint density at radius 1 is 1.23 bits per heavy atom. The third-order valence-electron chi connectivity index (χ3n) is 4.46. The molecule has 3 rings (SSSR count). The summed E-state index contributed by atoms with van der Waals surface area (Å²) in [5.74, 6) is 0.867. The summed E-state index contributed by atoms with van der Waals surface area (Å²) in [6.45, 7) is 4.76. The second-order valence-corrected chi connectivity index (χ2v) is 8.24. The average Bonchev–Trinajstić information content (AvgIpc) is 3.37. The lowest BCUT2D eigenvalue weighted by atomic mass is 10.2. The van der Waals surface area contributed by atoms with Crippen LogP contribution in [-0.2, 0) is 16.6 Å².